The maximum Gasteiger partial charge on any atom is 0.239 e. The first-order valence-corrected chi connectivity index (χ1v) is 6.74. The Hall–Kier alpha value is -1.51. The molecule has 0 aliphatic rings. The zero-order chi connectivity index (χ0) is 13.4. The van der Waals surface area contributed by atoms with Gasteiger partial charge in [-0.25, -0.2) is 0 Å². The molecule has 1 rings (SSSR count). The van der Waals surface area contributed by atoms with Crippen LogP contribution in [0.15, 0.2) is 24.3 Å². The first kappa shape index (κ1) is 14.6. The molecule has 0 spiro atoms. The molecule has 0 saturated heterocycles. The minimum absolute atomic E-state index is 0.0522. The predicted molar refractivity (Wildman–Crippen MR) is 76.9 cm³/mol. The third-order valence-electron chi connectivity index (χ3n) is 2.88. The predicted octanol–water partition coefficient (Wildman–Crippen LogP) is 3.14. The van der Waals surface area contributed by atoms with Gasteiger partial charge in [0.25, 0.3) is 0 Å². The van der Waals surface area contributed by atoms with Gasteiger partial charge in [0.05, 0.1) is 6.54 Å². The van der Waals surface area contributed by atoms with Crippen LogP contribution in [0.4, 0.5) is 5.69 Å². The van der Waals surface area contributed by atoms with Crippen molar-refractivity contribution in [3.8, 4) is 0 Å². The molecule has 0 fully saturated rings. The minimum Gasteiger partial charge on any atom is -0.376 e. The molecule has 0 atom stereocenters. The summed E-state index contributed by atoms with van der Waals surface area (Å²) in [5, 5.41) is 6.01. The maximum absolute atomic E-state index is 11.5. The molecule has 0 aliphatic carbocycles. The van der Waals surface area contributed by atoms with E-state index in [1.807, 2.05) is 12.1 Å². The lowest BCUT2D eigenvalue weighted by Gasteiger charge is -2.09. The second-order valence-electron chi connectivity index (χ2n) is 4.83. The first-order chi connectivity index (χ1) is 8.63. The Morgan fingerprint density at radius 3 is 2.44 bits per heavy atom. The van der Waals surface area contributed by atoms with E-state index in [9.17, 15) is 4.79 Å². The number of amides is 1. The van der Waals surface area contributed by atoms with Crippen LogP contribution >= 0.6 is 0 Å². The maximum atomic E-state index is 11.5. The number of carbonyl (C=O) groups excluding carboxylic acids is 1. The molecule has 0 unspecified atom stereocenters. The van der Waals surface area contributed by atoms with Crippen molar-refractivity contribution >= 4 is 11.6 Å². The van der Waals surface area contributed by atoms with E-state index < -0.39 is 0 Å². The molecule has 3 nitrogen and oxygen atoms in total. The van der Waals surface area contributed by atoms with Crippen molar-refractivity contribution in [1.29, 1.82) is 0 Å². The average molecular weight is 248 g/mol. The summed E-state index contributed by atoms with van der Waals surface area (Å²) in [6, 6.07) is 8.24. The summed E-state index contributed by atoms with van der Waals surface area (Å²) in [6.45, 7) is 7.56. The van der Waals surface area contributed by atoms with Gasteiger partial charge in [-0.1, -0.05) is 39.3 Å². The summed E-state index contributed by atoms with van der Waals surface area (Å²) < 4.78 is 0. The van der Waals surface area contributed by atoms with Gasteiger partial charge in [0.2, 0.25) is 5.91 Å². The van der Waals surface area contributed by atoms with Crippen molar-refractivity contribution in [2.24, 2.45) is 0 Å². The van der Waals surface area contributed by atoms with E-state index in [-0.39, 0.29) is 5.91 Å². The highest BCUT2D eigenvalue weighted by molar-refractivity contribution is 5.80. The molecular weight excluding hydrogens is 224 g/mol. The van der Waals surface area contributed by atoms with Crippen molar-refractivity contribution < 1.29 is 4.79 Å². The van der Waals surface area contributed by atoms with Crippen molar-refractivity contribution in [2.75, 3.05) is 18.4 Å². The van der Waals surface area contributed by atoms with Crippen LogP contribution in [0.25, 0.3) is 0 Å². The molecule has 1 aromatic carbocycles. The van der Waals surface area contributed by atoms with Gasteiger partial charge in [0.1, 0.15) is 0 Å². The van der Waals surface area contributed by atoms with E-state index in [1.54, 1.807) is 0 Å². The smallest absolute Gasteiger partial charge is 0.239 e. The fourth-order valence-corrected chi connectivity index (χ4v) is 1.64. The molecular formula is C15H24N2O. The number of hydrogen-bond donors (Lipinski definition) is 2. The molecule has 18 heavy (non-hydrogen) atoms. The zero-order valence-electron chi connectivity index (χ0n) is 11.6. The number of nitrogens with one attached hydrogen (secondary N) is 2. The SMILES string of the molecule is CCCCNC(=O)CNc1ccc(C(C)C)cc1. The Morgan fingerprint density at radius 2 is 1.89 bits per heavy atom. The molecule has 100 valence electrons. The molecule has 3 heteroatoms. The van der Waals surface area contributed by atoms with E-state index in [4.69, 9.17) is 0 Å². The second kappa shape index (κ2) is 7.75. The highest BCUT2D eigenvalue weighted by Gasteiger charge is 2.01. The second-order valence-corrected chi connectivity index (χ2v) is 4.83. The minimum atomic E-state index is 0.0522. The number of unbranched alkanes of at least 4 members (excludes halogenated alkanes) is 1. The Labute approximate surface area is 110 Å². The summed E-state index contributed by atoms with van der Waals surface area (Å²) in [6.07, 6.45) is 2.14. The van der Waals surface area contributed by atoms with Crippen molar-refractivity contribution in [1.82, 2.24) is 5.32 Å². The molecule has 0 radical (unpaired) electrons. The topological polar surface area (TPSA) is 41.1 Å². The van der Waals surface area contributed by atoms with E-state index in [2.05, 4.69) is 43.5 Å². The van der Waals surface area contributed by atoms with Crippen LogP contribution in [0.5, 0.6) is 0 Å². The number of hydrogen-bond acceptors (Lipinski definition) is 2. The third kappa shape index (κ3) is 5.21. The van der Waals surface area contributed by atoms with Crippen molar-refractivity contribution in [2.45, 2.75) is 39.5 Å². The first-order valence-electron chi connectivity index (χ1n) is 6.74. The molecule has 0 heterocycles. The van der Waals surface area contributed by atoms with Gasteiger partial charge in [-0.3, -0.25) is 4.79 Å². The number of carbonyl (C=O) groups is 1. The fourth-order valence-electron chi connectivity index (χ4n) is 1.64. The number of rotatable bonds is 7. The van der Waals surface area contributed by atoms with Gasteiger partial charge >= 0.3 is 0 Å². The Bertz CT molecular complexity index is 357. The lowest BCUT2D eigenvalue weighted by Crippen LogP contribution is -2.30. The summed E-state index contributed by atoms with van der Waals surface area (Å²) in [5.41, 5.74) is 2.30. The number of benzene rings is 1. The molecule has 1 aromatic rings. The standard InChI is InChI=1S/C15H24N2O/c1-4-5-10-16-15(18)11-17-14-8-6-13(7-9-14)12(2)3/h6-9,12,17H,4-5,10-11H2,1-3H3,(H,16,18). The van der Waals surface area contributed by atoms with E-state index >= 15 is 0 Å². The normalized spacial score (nSPS) is 10.4. The van der Waals surface area contributed by atoms with Gasteiger partial charge in [-0.2, -0.15) is 0 Å². The van der Waals surface area contributed by atoms with Gasteiger partial charge in [-0.05, 0) is 30.0 Å². The average Bonchev–Trinajstić information content (AvgIpc) is 2.37. The Balaban J connectivity index is 2.32. The molecule has 1 amide bonds. The van der Waals surface area contributed by atoms with E-state index in [0.717, 1.165) is 25.1 Å². The Morgan fingerprint density at radius 1 is 1.22 bits per heavy atom. The van der Waals surface area contributed by atoms with Crippen LogP contribution in [0, 0.1) is 0 Å². The summed E-state index contributed by atoms with van der Waals surface area (Å²) in [7, 11) is 0. The van der Waals surface area contributed by atoms with Crippen LogP contribution < -0.4 is 10.6 Å². The lowest BCUT2D eigenvalue weighted by molar-refractivity contribution is -0.119. The van der Waals surface area contributed by atoms with Crippen LogP contribution in [-0.2, 0) is 4.79 Å². The van der Waals surface area contributed by atoms with E-state index in [1.165, 1.54) is 5.56 Å². The van der Waals surface area contributed by atoms with Gasteiger partial charge in [0.15, 0.2) is 0 Å². The monoisotopic (exact) mass is 248 g/mol. The van der Waals surface area contributed by atoms with Gasteiger partial charge in [0, 0.05) is 12.2 Å². The van der Waals surface area contributed by atoms with Crippen LogP contribution in [0.2, 0.25) is 0 Å². The number of anilines is 1. The zero-order valence-corrected chi connectivity index (χ0v) is 11.6. The van der Waals surface area contributed by atoms with Crippen LogP contribution in [0.1, 0.15) is 45.1 Å². The van der Waals surface area contributed by atoms with Crippen molar-refractivity contribution in [3.63, 3.8) is 0 Å². The van der Waals surface area contributed by atoms with E-state index in [0.29, 0.717) is 12.5 Å². The van der Waals surface area contributed by atoms with Crippen molar-refractivity contribution in [3.05, 3.63) is 29.8 Å². The highest BCUT2D eigenvalue weighted by Crippen LogP contribution is 2.16. The van der Waals surface area contributed by atoms with Crippen LogP contribution in [0.3, 0.4) is 0 Å². The third-order valence-corrected chi connectivity index (χ3v) is 2.88. The summed E-state index contributed by atoms with van der Waals surface area (Å²) >= 11 is 0. The molecule has 0 bridgehead atoms. The van der Waals surface area contributed by atoms with Gasteiger partial charge in [-0.15, -0.1) is 0 Å². The van der Waals surface area contributed by atoms with Gasteiger partial charge < -0.3 is 10.6 Å². The molecule has 2 N–H and O–H groups in total. The summed E-state index contributed by atoms with van der Waals surface area (Å²) in [5.74, 6) is 0.591. The molecule has 0 saturated carbocycles. The summed E-state index contributed by atoms with van der Waals surface area (Å²) in [4.78, 5) is 11.5. The molecule has 0 aliphatic heterocycles. The Kier molecular flexibility index (Phi) is 6.26. The molecule has 0 aromatic heterocycles. The largest absolute Gasteiger partial charge is 0.376 e. The quantitative estimate of drug-likeness (QED) is 0.728. The highest BCUT2D eigenvalue weighted by atomic mass is 16.1. The lowest BCUT2D eigenvalue weighted by atomic mass is 10.0. The van der Waals surface area contributed by atoms with Crippen LogP contribution in [-0.4, -0.2) is 19.0 Å². The fraction of sp³-hybridized carbons (Fsp3) is 0.533.